The van der Waals surface area contributed by atoms with Crippen LogP contribution in [-0.4, -0.2) is 47.1 Å². The Kier molecular flexibility index (Phi) is 10.3. The van der Waals surface area contributed by atoms with Gasteiger partial charge in [-0.15, -0.1) is 10.2 Å². The summed E-state index contributed by atoms with van der Waals surface area (Å²) < 4.78 is 5.16. The van der Waals surface area contributed by atoms with E-state index in [1.807, 2.05) is 29.2 Å². The summed E-state index contributed by atoms with van der Waals surface area (Å²) >= 11 is 1.32. The first kappa shape index (κ1) is 23.8. The van der Waals surface area contributed by atoms with E-state index in [9.17, 15) is 9.59 Å². The summed E-state index contributed by atoms with van der Waals surface area (Å²) in [5.41, 5.74) is 0.914. The van der Waals surface area contributed by atoms with Crippen molar-refractivity contribution >= 4 is 28.3 Å². The Labute approximate surface area is 182 Å². The first-order valence-electron chi connectivity index (χ1n) is 10.6. The van der Waals surface area contributed by atoms with Crippen LogP contribution < -0.4 is 10.1 Å². The third-order valence-corrected chi connectivity index (χ3v) is 5.63. The fourth-order valence-electron chi connectivity index (χ4n) is 2.94. The van der Waals surface area contributed by atoms with Gasteiger partial charge < -0.3 is 15.0 Å². The lowest BCUT2D eigenvalue weighted by atomic mass is 10.2. The van der Waals surface area contributed by atoms with Gasteiger partial charge in [0.25, 0.3) is 0 Å². The third kappa shape index (κ3) is 7.74. The molecule has 8 heteroatoms. The second-order valence-corrected chi connectivity index (χ2v) is 8.11. The molecule has 7 nitrogen and oxygen atoms in total. The second-order valence-electron chi connectivity index (χ2n) is 7.13. The second kappa shape index (κ2) is 13.0. The zero-order valence-electron chi connectivity index (χ0n) is 18.1. The summed E-state index contributed by atoms with van der Waals surface area (Å²) in [5.74, 6) is 0.756. The number of rotatable bonds is 13. The molecule has 2 aromatic rings. The third-order valence-electron chi connectivity index (χ3n) is 4.75. The van der Waals surface area contributed by atoms with E-state index >= 15 is 0 Å². The SMILES string of the molecule is CCCCCC(=O)N(CCCC)CCC(=O)Nc1nnc(-c2ccc(OC)cc2)s1. The molecule has 0 saturated heterocycles. The number of methoxy groups -OCH3 is 1. The molecule has 0 bridgehead atoms. The minimum absolute atomic E-state index is 0.141. The smallest absolute Gasteiger partial charge is 0.227 e. The number of amides is 2. The molecule has 0 aliphatic rings. The molecule has 0 saturated carbocycles. The van der Waals surface area contributed by atoms with E-state index in [1.165, 1.54) is 11.3 Å². The molecule has 0 atom stereocenters. The minimum Gasteiger partial charge on any atom is -0.497 e. The Morgan fingerprint density at radius 2 is 1.73 bits per heavy atom. The summed E-state index contributed by atoms with van der Waals surface area (Å²) in [6.07, 6.45) is 5.82. The lowest BCUT2D eigenvalue weighted by Gasteiger charge is -2.22. The van der Waals surface area contributed by atoms with Crippen molar-refractivity contribution in [1.29, 1.82) is 0 Å². The predicted octanol–water partition coefficient (Wildman–Crippen LogP) is 4.75. The summed E-state index contributed by atoms with van der Waals surface area (Å²) in [6, 6.07) is 7.52. The zero-order valence-corrected chi connectivity index (χ0v) is 19.0. The van der Waals surface area contributed by atoms with E-state index in [0.717, 1.165) is 48.4 Å². The van der Waals surface area contributed by atoms with Crippen LogP contribution in [0.2, 0.25) is 0 Å². The number of ether oxygens (including phenoxy) is 1. The van der Waals surface area contributed by atoms with Crippen molar-refractivity contribution in [2.24, 2.45) is 0 Å². The van der Waals surface area contributed by atoms with Gasteiger partial charge in [-0.05, 0) is 37.1 Å². The lowest BCUT2D eigenvalue weighted by Crippen LogP contribution is -2.34. The molecule has 0 aliphatic heterocycles. The molecule has 2 amide bonds. The average molecular weight is 433 g/mol. The van der Waals surface area contributed by atoms with Gasteiger partial charge in [0.2, 0.25) is 16.9 Å². The van der Waals surface area contributed by atoms with E-state index in [-0.39, 0.29) is 18.2 Å². The van der Waals surface area contributed by atoms with Gasteiger partial charge in [0, 0.05) is 31.5 Å². The molecule has 0 unspecified atom stereocenters. The average Bonchev–Trinajstić information content (AvgIpc) is 3.22. The van der Waals surface area contributed by atoms with Crippen LogP contribution in [0.3, 0.4) is 0 Å². The standard InChI is InChI=1S/C22H32N4O3S/c1-4-6-8-9-20(28)26(15-7-5-2)16-14-19(27)23-22-25-24-21(30-22)17-10-12-18(29-3)13-11-17/h10-13H,4-9,14-16H2,1-3H3,(H,23,25,27). The summed E-state index contributed by atoms with van der Waals surface area (Å²) in [7, 11) is 1.62. The molecule has 30 heavy (non-hydrogen) atoms. The maximum absolute atomic E-state index is 12.5. The van der Waals surface area contributed by atoms with Crippen LogP contribution >= 0.6 is 11.3 Å². The van der Waals surface area contributed by atoms with Gasteiger partial charge in [0.15, 0.2) is 0 Å². The van der Waals surface area contributed by atoms with Crippen LogP contribution in [0.1, 0.15) is 58.8 Å². The van der Waals surface area contributed by atoms with Crippen LogP contribution in [-0.2, 0) is 9.59 Å². The first-order chi connectivity index (χ1) is 14.6. The highest BCUT2D eigenvalue weighted by molar-refractivity contribution is 7.18. The maximum atomic E-state index is 12.5. The van der Waals surface area contributed by atoms with Crippen LogP contribution in [0.15, 0.2) is 24.3 Å². The minimum atomic E-state index is -0.157. The van der Waals surface area contributed by atoms with Gasteiger partial charge in [-0.3, -0.25) is 9.59 Å². The van der Waals surface area contributed by atoms with Crippen molar-refractivity contribution in [3.63, 3.8) is 0 Å². The number of anilines is 1. The number of carbonyl (C=O) groups is 2. The molecular weight excluding hydrogens is 400 g/mol. The van der Waals surface area contributed by atoms with Crippen molar-refractivity contribution in [2.45, 2.75) is 58.8 Å². The summed E-state index contributed by atoms with van der Waals surface area (Å²) in [5, 5.41) is 12.2. The highest BCUT2D eigenvalue weighted by atomic mass is 32.1. The lowest BCUT2D eigenvalue weighted by molar-refractivity contribution is -0.131. The highest BCUT2D eigenvalue weighted by Crippen LogP contribution is 2.27. The zero-order chi connectivity index (χ0) is 21.8. The number of carbonyl (C=O) groups excluding carboxylic acids is 2. The van der Waals surface area contributed by atoms with E-state index in [0.29, 0.717) is 24.6 Å². The van der Waals surface area contributed by atoms with Crippen molar-refractivity contribution in [1.82, 2.24) is 15.1 Å². The fraction of sp³-hybridized carbons (Fsp3) is 0.545. The molecule has 0 spiro atoms. The highest BCUT2D eigenvalue weighted by Gasteiger charge is 2.15. The Balaban J connectivity index is 1.87. The molecular formula is C22H32N4O3S. The molecule has 0 fully saturated rings. The molecule has 1 N–H and O–H groups in total. The Hall–Kier alpha value is -2.48. The maximum Gasteiger partial charge on any atom is 0.227 e. The molecule has 1 aromatic heterocycles. The van der Waals surface area contributed by atoms with Crippen LogP contribution in [0.25, 0.3) is 10.6 Å². The van der Waals surface area contributed by atoms with E-state index in [4.69, 9.17) is 4.74 Å². The molecule has 2 rings (SSSR count). The Bertz CT molecular complexity index is 792. The van der Waals surface area contributed by atoms with E-state index in [2.05, 4.69) is 29.4 Å². The number of nitrogens with one attached hydrogen (secondary N) is 1. The van der Waals surface area contributed by atoms with Gasteiger partial charge in [0.1, 0.15) is 10.8 Å². The number of benzene rings is 1. The molecule has 1 heterocycles. The molecule has 0 aliphatic carbocycles. The topological polar surface area (TPSA) is 84.4 Å². The Morgan fingerprint density at radius 1 is 1.00 bits per heavy atom. The predicted molar refractivity (Wildman–Crippen MR) is 121 cm³/mol. The summed E-state index contributed by atoms with van der Waals surface area (Å²) in [6.45, 7) is 5.36. The Morgan fingerprint density at radius 3 is 2.40 bits per heavy atom. The molecule has 1 aromatic carbocycles. The van der Waals surface area contributed by atoms with Crippen molar-refractivity contribution in [2.75, 3.05) is 25.5 Å². The first-order valence-corrected chi connectivity index (χ1v) is 11.4. The van der Waals surface area contributed by atoms with Gasteiger partial charge >= 0.3 is 0 Å². The van der Waals surface area contributed by atoms with Gasteiger partial charge in [-0.2, -0.15) is 0 Å². The van der Waals surface area contributed by atoms with Crippen LogP contribution in [0.4, 0.5) is 5.13 Å². The van der Waals surface area contributed by atoms with E-state index in [1.54, 1.807) is 7.11 Å². The number of hydrogen-bond acceptors (Lipinski definition) is 6. The largest absolute Gasteiger partial charge is 0.497 e. The van der Waals surface area contributed by atoms with Gasteiger partial charge in [-0.1, -0.05) is 44.4 Å². The van der Waals surface area contributed by atoms with Crippen molar-refractivity contribution in [3.8, 4) is 16.3 Å². The number of unbranched alkanes of at least 4 members (excludes halogenated alkanes) is 3. The summed E-state index contributed by atoms with van der Waals surface area (Å²) in [4.78, 5) is 26.7. The normalized spacial score (nSPS) is 10.6. The van der Waals surface area contributed by atoms with Crippen molar-refractivity contribution in [3.05, 3.63) is 24.3 Å². The fourth-order valence-corrected chi connectivity index (χ4v) is 3.70. The van der Waals surface area contributed by atoms with E-state index < -0.39 is 0 Å². The van der Waals surface area contributed by atoms with Crippen molar-refractivity contribution < 1.29 is 14.3 Å². The van der Waals surface area contributed by atoms with Crippen LogP contribution in [0.5, 0.6) is 5.75 Å². The quantitative estimate of drug-likeness (QED) is 0.462. The van der Waals surface area contributed by atoms with Gasteiger partial charge in [-0.25, -0.2) is 0 Å². The van der Waals surface area contributed by atoms with Gasteiger partial charge in [0.05, 0.1) is 7.11 Å². The monoisotopic (exact) mass is 432 g/mol. The molecule has 0 radical (unpaired) electrons. The molecule has 164 valence electrons. The number of aromatic nitrogens is 2. The number of nitrogens with zero attached hydrogens (tertiary/aromatic N) is 3. The number of hydrogen-bond donors (Lipinski definition) is 1. The van der Waals surface area contributed by atoms with Crippen LogP contribution in [0, 0.1) is 0 Å².